The zero-order chi connectivity index (χ0) is 13.9. The molecule has 0 aromatic heterocycles. The molecule has 2 N–H and O–H groups in total. The van der Waals surface area contributed by atoms with Crippen molar-refractivity contribution in [2.24, 2.45) is 5.92 Å². The highest BCUT2D eigenvalue weighted by Crippen LogP contribution is 2.26. The predicted molar refractivity (Wildman–Crippen MR) is 68.4 cm³/mol. The Morgan fingerprint density at radius 1 is 1.28 bits per heavy atom. The molecular formula is C14H21F2NO. The molecule has 0 amide bonds. The van der Waals surface area contributed by atoms with E-state index in [-0.39, 0.29) is 17.7 Å². The van der Waals surface area contributed by atoms with Crippen molar-refractivity contribution in [3.63, 3.8) is 0 Å². The van der Waals surface area contributed by atoms with Gasteiger partial charge in [-0.15, -0.1) is 0 Å². The molecule has 0 fully saturated rings. The van der Waals surface area contributed by atoms with Gasteiger partial charge in [0.05, 0.1) is 0 Å². The molecule has 0 saturated heterocycles. The van der Waals surface area contributed by atoms with E-state index in [9.17, 15) is 13.9 Å². The number of hydrogen-bond donors (Lipinski definition) is 2. The van der Waals surface area contributed by atoms with Crippen LogP contribution in [0.15, 0.2) is 12.1 Å². The van der Waals surface area contributed by atoms with Crippen molar-refractivity contribution >= 4 is 0 Å². The lowest BCUT2D eigenvalue weighted by Crippen LogP contribution is -2.37. The Kier molecular flexibility index (Phi) is 4.82. The van der Waals surface area contributed by atoms with E-state index in [0.29, 0.717) is 12.5 Å². The van der Waals surface area contributed by atoms with Crippen LogP contribution in [-0.2, 0) is 5.60 Å². The molecule has 0 bridgehead atoms. The fourth-order valence-corrected chi connectivity index (χ4v) is 1.76. The van der Waals surface area contributed by atoms with Crippen LogP contribution < -0.4 is 5.32 Å². The summed E-state index contributed by atoms with van der Waals surface area (Å²) in [4.78, 5) is 0. The van der Waals surface area contributed by atoms with E-state index >= 15 is 0 Å². The highest BCUT2D eigenvalue weighted by Gasteiger charge is 2.28. The van der Waals surface area contributed by atoms with Gasteiger partial charge in [-0.3, -0.25) is 0 Å². The Bertz CT molecular complexity index is 417. The largest absolute Gasteiger partial charge is 0.384 e. The summed E-state index contributed by atoms with van der Waals surface area (Å²) in [6.07, 6.45) is 0. The van der Waals surface area contributed by atoms with E-state index in [1.165, 1.54) is 26.0 Å². The van der Waals surface area contributed by atoms with Crippen LogP contribution in [0.3, 0.4) is 0 Å². The molecule has 18 heavy (non-hydrogen) atoms. The fourth-order valence-electron chi connectivity index (χ4n) is 1.76. The predicted octanol–water partition coefficient (Wildman–Crippen LogP) is 2.73. The smallest absolute Gasteiger partial charge is 0.165 e. The van der Waals surface area contributed by atoms with Crippen LogP contribution in [-0.4, -0.2) is 18.2 Å². The molecule has 0 aliphatic heterocycles. The van der Waals surface area contributed by atoms with Crippen molar-refractivity contribution in [1.82, 2.24) is 5.32 Å². The molecule has 1 aromatic carbocycles. The van der Waals surface area contributed by atoms with Crippen molar-refractivity contribution in [3.05, 3.63) is 34.9 Å². The van der Waals surface area contributed by atoms with E-state index in [2.05, 4.69) is 5.32 Å². The maximum Gasteiger partial charge on any atom is 0.165 e. The van der Waals surface area contributed by atoms with E-state index in [1.54, 1.807) is 0 Å². The van der Waals surface area contributed by atoms with Gasteiger partial charge < -0.3 is 10.4 Å². The lowest BCUT2D eigenvalue weighted by molar-refractivity contribution is 0.0519. The molecule has 1 aromatic rings. The van der Waals surface area contributed by atoms with Crippen LogP contribution >= 0.6 is 0 Å². The fraction of sp³-hybridized carbons (Fsp3) is 0.571. The molecule has 4 heteroatoms. The van der Waals surface area contributed by atoms with E-state index in [4.69, 9.17) is 0 Å². The number of hydrogen-bond acceptors (Lipinski definition) is 2. The van der Waals surface area contributed by atoms with Crippen LogP contribution in [0.2, 0.25) is 0 Å². The standard InChI is InChI=1S/C14H21F2NO/c1-9(2)7-17-8-14(4,18)11-6-5-10(3)12(15)13(11)16/h5-6,9,17-18H,7-8H2,1-4H3. The first-order valence-electron chi connectivity index (χ1n) is 6.14. The summed E-state index contributed by atoms with van der Waals surface area (Å²) in [6.45, 7) is 7.94. The third-order valence-electron chi connectivity index (χ3n) is 2.88. The van der Waals surface area contributed by atoms with Gasteiger partial charge in [-0.1, -0.05) is 26.0 Å². The lowest BCUT2D eigenvalue weighted by atomic mass is 9.94. The second-order valence-corrected chi connectivity index (χ2v) is 5.36. The van der Waals surface area contributed by atoms with Gasteiger partial charge in [0.15, 0.2) is 11.6 Å². The molecule has 1 unspecified atom stereocenters. The van der Waals surface area contributed by atoms with Crippen LogP contribution in [0.5, 0.6) is 0 Å². The number of aliphatic hydroxyl groups is 1. The molecule has 0 aliphatic rings. The minimum atomic E-state index is -1.42. The Morgan fingerprint density at radius 3 is 2.44 bits per heavy atom. The summed E-state index contributed by atoms with van der Waals surface area (Å²) in [5.41, 5.74) is -1.20. The zero-order valence-electron chi connectivity index (χ0n) is 11.3. The maximum atomic E-state index is 13.8. The van der Waals surface area contributed by atoms with Gasteiger partial charge in [-0.25, -0.2) is 8.78 Å². The number of nitrogens with one attached hydrogen (secondary N) is 1. The second kappa shape index (κ2) is 5.76. The Morgan fingerprint density at radius 2 is 1.89 bits per heavy atom. The van der Waals surface area contributed by atoms with Crippen molar-refractivity contribution < 1.29 is 13.9 Å². The zero-order valence-corrected chi connectivity index (χ0v) is 11.3. The summed E-state index contributed by atoms with van der Waals surface area (Å²) in [7, 11) is 0. The van der Waals surface area contributed by atoms with Gasteiger partial charge in [0.25, 0.3) is 0 Å². The van der Waals surface area contributed by atoms with Crippen molar-refractivity contribution in [2.75, 3.05) is 13.1 Å². The Labute approximate surface area is 107 Å². The summed E-state index contributed by atoms with van der Waals surface area (Å²) >= 11 is 0. The Balaban J connectivity index is 2.88. The Hall–Kier alpha value is -1.00. The summed E-state index contributed by atoms with van der Waals surface area (Å²) in [5, 5.41) is 13.3. The monoisotopic (exact) mass is 257 g/mol. The third kappa shape index (κ3) is 3.50. The molecule has 0 saturated carbocycles. The third-order valence-corrected chi connectivity index (χ3v) is 2.88. The van der Waals surface area contributed by atoms with Gasteiger partial charge in [0.1, 0.15) is 5.60 Å². The van der Waals surface area contributed by atoms with E-state index < -0.39 is 17.2 Å². The first-order valence-corrected chi connectivity index (χ1v) is 6.14. The first kappa shape index (κ1) is 15.1. The summed E-state index contributed by atoms with van der Waals surface area (Å²) < 4.78 is 27.2. The van der Waals surface area contributed by atoms with Gasteiger partial charge in [-0.2, -0.15) is 0 Å². The van der Waals surface area contributed by atoms with E-state index in [0.717, 1.165) is 0 Å². The molecule has 1 atom stereocenters. The number of halogens is 2. The van der Waals surface area contributed by atoms with Gasteiger partial charge in [0, 0.05) is 12.1 Å². The maximum absolute atomic E-state index is 13.8. The highest BCUT2D eigenvalue weighted by molar-refractivity contribution is 5.29. The van der Waals surface area contributed by atoms with E-state index in [1.807, 2.05) is 13.8 Å². The lowest BCUT2D eigenvalue weighted by Gasteiger charge is -2.25. The van der Waals surface area contributed by atoms with Gasteiger partial charge >= 0.3 is 0 Å². The molecule has 0 radical (unpaired) electrons. The number of rotatable bonds is 5. The van der Waals surface area contributed by atoms with Gasteiger partial charge in [0.2, 0.25) is 0 Å². The second-order valence-electron chi connectivity index (χ2n) is 5.36. The molecule has 1 rings (SSSR count). The van der Waals surface area contributed by atoms with Crippen LogP contribution in [0, 0.1) is 24.5 Å². The number of aryl methyl sites for hydroxylation is 1. The average Bonchev–Trinajstić information content (AvgIpc) is 2.24. The molecule has 0 aliphatic carbocycles. The molecule has 0 spiro atoms. The van der Waals surface area contributed by atoms with Crippen LogP contribution in [0.4, 0.5) is 8.78 Å². The highest BCUT2D eigenvalue weighted by atomic mass is 19.2. The summed E-state index contributed by atoms with van der Waals surface area (Å²) in [6, 6.07) is 2.91. The van der Waals surface area contributed by atoms with Crippen molar-refractivity contribution in [3.8, 4) is 0 Å². The van der Waals surface area contributed by atoms with Crippen molar-refractivity contribution in [1.29, 1.82) is 0 Å². The molecule has 2 nitrogen and oxygen atoms in total. The first-order chi connectivity index (χ1) is 8.25. The quantitative estimate of drug-likeness (QED) is 0.850. The number of benzene rings is 1. The SMILES string of the molecule is Cc1ccc(C(C)(O)CNCC(C)C)c(F)c1F. The minimum absolute atomic E-state index is 0.0122. The summed E-state index contributed by atoms with van der Waals surface area (Å²) in [5.74, 6) is -1.43. The van der Waals surface area contributed by atoms with Gasteiger partial charge in [-0.05, 0) is 31.9 Å². The molecule has 0 heterocycles. The molecule has 102 valence electrons. The minimum Gasteiger partial charge on any atom is -0.384 e. The topological polar surface area (TPSA) is 32.3 Å². The molecular weight excluding hydrogens is 236 g/mol. The van der Waals surface area contributed by atoms with Crippen molar-refractivity contribution in [2.45, 2.75) is 33.3 Å². The van der Waals surface area contributed by atoms with Crippen LogP contribution in [0.1, 0.15) is 31.9 Å². The normalized spacial score (nSPS) is 14.9. The average molecular weight is 257 g/mol. The van der Waals surface area contributed by atoms with Crippen LogP contribution in [0.25, 0.3) is 0 Å².